The number of carbonyl (C=O) groups is 3. The van der Waals surface area contributed by atoms with Crippen molar-refractivity contribution in [1.82, 2.24) is 40.3 Å². The maximum atomic E-state index is 14.4. The fraction of sp³-hybridized carbons (Fsp3) is 0.293. The van der Waals surface area contributed by atoms with Crippen LogP contribution in [-0.4, -0.2) is 66.8 Å². The van der Waals surface area contributed by atoms with E-state index in [0.717, 1.165) is 33.4 Å². The highest BCUT2D eigenvalue weighted by atomic mass is 16.6. The maximum absolute atomic E-state index is 14.4. The average Bonchev–Trinajstić information content (AvgIpc) is 3.99. The van der Waals surface area contributed by atoms with Crippen molar-refractivity contribution < 1.29 is 28.4 Å². The van der Waals surface area contributed by atoms with Crippen LogP contribution in [0.15, 0.2) is 96.2 Å². The van der Waals surface area contributed by atoms with Crippen molar-refractivity contribution in [2.24, 2.45) is 5.73 Å². The van der Waals surface area contributed by atoms with Crippen molar-refractivity contribution in [3.05, 3.63) is 131 Å². The summed E-state index contributed by atoms with van der Waals surface area (Å²) >= 11 is 0. The Balaban J connectivity index is 1.23. The number of aryl methyl sites for hydroxylation is 3. The lowest BCUT2D eigenvalue weighted by atomic mass is 9.95. The third-order valence-electron chi connectivity index (χ3n) is 9.60. The highest BCUT2D eigenvalue weighted by Gasteiger charge is 2.32. The molecule has 0 aliphatic carbocycles. The molecule has 0 aliphatic heterocycles. The number of hydrogen-bond donors (Lipinski definition) is 5. The molecular weight excluding hydrogens is 729 g/mol. The first-order valence-corrected chi connectivity index (χ1v) is 18.5. The van der Waals surface area contributed by atoms with E-state index < -0.39 is 36.1 Å². The van der Waals surface area contributed by atoms with Crippen LogP contribution in [0.4, 0.5) is 10.7 Å². The lowest BCUT2D eigenvalue weighted by Gasteiger charge is -2.25. The summed E-state index contributed by atoms with van der Waals surface area (Å²) in [6, 6.07) is 19.9. The Bertz CT molecular complexity index is 2230. The number of benzene rings is 3. The molecule has 3 heterocycles. The van der Waals surface area contributed by atoms with Gasteiger partial charge in [0.15, 0.2) is 17.9 Å². The Labute approximate surface area is 329 Å². The van der Waals surface area contributed by atoms with Gasteiger partial charge in [0.1, 0.15) is 17.8 Å². The van der Waals surface area contributed by atoms with Crippen molar-refractivity contribution in [2.75, 3.05) is 12.8 Å². The molecule has 0 saturated carbocycles. The van der Waals surface area contributed by atoms with Gasteiger partial charge in [0.05, 0.1) is 19.1 Å². The number of carbonyl (C=O) groups excluding carboxylic acids is 3. The summed E-state index contributed by atoms with van der Waals surface area (Å²) in [5.41, 5.74) is 17.6. The first-order valence-electron chi connectivity index (χ1n) is 18.5. The predicted molar refractivity (Wildman–Crippen MR) is 211 cm³/mol. The highest BCUT2D eigenvalue weighted by Crippen LogP contribution is 2.25. The lowest BCUT2D eigenvalue weighted by Crippen LogP contribution is -2.52. The Kier molecular flexibility index (Phi) is 12.9. The first-order chi connectivity index (χ1) is 27.6. The number of nitrogens with zero attached hydrogens (tertiary/aromatic N) is 5. The smallest absolute Gasteiger partial charge is 0.405 e. The number of ether oxygens (including phenoxy) is 2. The van der Waals surface area contributed by atoms with Gasteiger partial charge in [0, 0.05) is 44.4 Å². The van der Waals surface area contributed by atoms with Crippen molar-refractivity contribution in [1.29, 1.82) is 0 Å². The van der Waals surface area contributed by atoms with Gasteiger partial charge in [-0.25, -0.2) is 14.8 Å². The molecule has 6 rings (SSSR count). The number of nitrogen functional groups attached to an aromatic ring is 1. The van der Waals surface area contributed by atoms with Gasteiger partial charge >= 0.3 is 6.09 Å². The third-order valence-corrected chi connectivity index (χ3v) is 9.60. The number of aromatic amines is 1. The minimum atomic E-state index is -1.29. The van der Waals surface area contributed by atoms with E-state index in [1.165, 1.54) is 6.33 Å². The molecule has 6 aromatic rings. The Morgan fingerprint density at radius 2 is 1.68 bits per heavy atom. The third kappa shape index (κ3) is 10.6. The summed E-state index contributed by atoms with van der Waals surface area (Å²) in [5, 5.41) is 10.1. The van der Waals surface area contributed by atoms with Crippen molar-refractivity contribution in [2.45, 2.75) is 70.7 Å². The second-order valence-electron chi connectivity index (χ2n) is 13.7. The Hall–Kier alpha value is -6.97. The molecule has 3 aromatic heterocycles. The van der Waals surface area contributed by atoms with Gasteiger partial charge in [-0.05, 0) is 72.2 Å². The largest absolute Gasteiger partial charge is 0.497 e. The van der Waals surface area contributed by atoms with Crippen molar-refractivity contribution in [3.63, 3.8) is 0 Å². The van der Waals surface area contributed by atoms with Crippen molar-refractivity contribution >= 4 is 23.9 Å². The normalized spacial score (nSPS) is 12.7. The zero-order valence-electron chi connectivity index (χ0n) is 32.0. The van der Waals surface area contributed by atoms with E-state index >= 15 is 0 Å². The van der Waals surface area contributed by atoms with Crippen LogP contribution in [0.2, 0.25) is 0 Å². The van der Waals surface area contributed by atoms with E-state index in [0.29, 0.717) is 42.6 Å². The van der Waals surface area contributed by atoms with Crippen LogP contribution in [0.3, 0.4) is 0 Å². The number of hydrogen-bond acceptors (Lipinski definition) is 11. The molecule has 57 heavy (non-hydrogen) atoms. The van der Waals surface area contributed by atoms with Gasteiger partial charge < -0.3 is 45.6 Å². The van der Waals surface area contributed by atoms with Gasteiger partial charge in [0.25, 0.3) is 5.91 Å². The second-order valence-corrected chi connectivity index (χ2v) is 13.7. The summed E-state index contributed by atoms with van der Waals surface area (Å²) < 4.78 is 18.1. The van der Waals surface area contributed by atoms with Crippen LogP contribution in [0.25, 0.3) is 11.1 Å². The zero-order chi connectivity index (χ0) is 40.3. The fourth-order valence-corrected chi connectivity index (χ4v) is 6.63. The Morgan fingerprint density at radius 1 is 0.947 bits per heavy atom. The average molecular weight is 775 g/mol. The summed E-state index contributed by atoms with van der Waals surface area (Å²) in [5.74, 6) is 0.321. The van der Waals surface area contributed by atoms with Gasteiger partial charge in [0.2, 0.25) is 11.8 Å². The van der Waals surface area contributed by atoms with E-state index in [1.54, 1.807) is 30.3 Å². The monoisotopic (exact) mass is 774 g/mol. The quantitative estimate of drug-likeness (QED) is 0.0815. The number of aromatic nitrogens is 6. The van der Waals surface area contributed by atoms with E-state index in [-0.39, 0.29) is 25.2 Å². The number of rotatable bonds is 18. The highest BCUT2D eigenvalue weighted by molar-refractivity contribution is 5.90. The second kappa shape index (κ2) is 18.6. The summed E-state index contributed by atoms with van der Waals surface area (Å²) in [6.45, 7) is 4.21. The molecule has 3 amide bonds. The number of imidazole rings is 2. The molecule has 0 saturated heterocycles. The Morgan fingerprint density at radius 3 is 2.33 bits per heavy atom. The minimum absolute atomic E-state index is 0.0945. The van der Waals surface area contributed by atoms with Gasteiger partial charge in [-0.2, -0.15) is 4.98 Å². The molecule has 16 heteroatoms. The standard InChI is InChI=1S/C41H46N10O6/c1-25-18-31(55-3)19-26(2)32(25)22-33(47-38(53)35(56-41(43)54)10-7-16-51-17-15-45-40(51)42)37(52)48-34(21-30-23-44-24-46-30)39-49-36(50-57-39)20-27-11-13-29(14-12-27)28-8-5-4-6-9-28/h4-6,8-9,11-15,17-19,23-24,33-35H,7,10,16,20-22H2,1-3H3,(H2,42,45)(H2,43,54)(H,44,46)(H,47,53)(H,48,52). The first kappa shape index (κ1) is 39.7. The van der Waals surface area contributed by atoms with E-state index in [1.807, 2.05) is 68.4 Å². The summed E-state index contributed by atoms with van der Waals surface area (Å²) in [4.78, 5) is 56.2. The summed E-state index contributed by atoms with van der Waals surface area (Å²) in [7, 11) is 1.58. The molecule has 3 unspecified atom stereocenters. The topological polar surface area (TPSA) is 231 Å². The molecule has 0 bridgehead atoms. The molecule has 16 nitrogen and oxygen atoms in total. The van der Waals surface area contributed by atoms with Crippen LogP contribution < -0.4 is 26.8 Å². The SMILES string of the molecule is COc1cc(C)c(CC(NC(=O)C(CCCn2ccnc2N)OC(N)=O)C(=O)NC(Cc2c[nH]cn2)c2nc(Cc3ccc(-c4ccccc4)cc3)no2)c(C)c1. The number of nitrogens with two attached hydrogens (primary N) is 2. The van der Waals surface area contributed by atoms with Gasteiger partial charge in [-0.15, -0.1) is 0 Å². The molecule has 0 aliphatic rings. The molecule has 296 valence electrons. The van der Waals surface area contributed by atoms with Crippen LogP contribution in [0.1, 0.15) is 58.5 Å². The van der Waals surface area contributed by atoms with Crippen LogP contribution in [0, 0.1) is 13.8 Å². The van der Waals surface area contributed by atoms with Gasteiger partial charge in [-0.3, -0.25) is 9.59 Å². The maximum Gasteiger partial charge on any atom is 0.405 e. The predicted octanol–water partition coefficient (Wildman–Crippen LogP) is 4.53. The molecule has 0 fully saturated rings. The number of H-pyrrole nitrogens is 1. The van der Waals surface area contributed by atoms with E-state index in [9.17, 15) is 14.4 Å². The van der Waals surface area contributed by atoms with E-state index in [4.69, 9.17) is 25.5 Å². The van der Waals surface area contributed by atoms with Gasteiger partial charge in [-0.1, -0.05) is 59.8 Å². The molecule has 3 atom stereocenters. The molecule has 0 radical (unpaired) electrons. The lowest BCUT2D eigenvalue weighted by molar-refractivity contribution is -0.134. The number of nitrogens with one attached hydrogen (secondary N) is 3. The van der Waals surface area contributed by atoms with Crippen LogP contribution in [-0.2, 0) is 40.1 Å². The van der Waals surface area contributed by atoms with Crippen LogP contribution in [0.5, 0.6) is 5.75 Å². The minimum Gasteiger partial charge on any atom is -0.497 e. The van der Waals surface area contributed by atoms with Crippen molar-refractivity contribution in [3.8, 4) is 16.9 Å². The fourth-order valence-electron chi connectivity index (χ4n) is 6.63. The molecule has 7 N–H and O–H groups in total. The number of primary amides is 1. The zero-order valence-corrected chi connectivity index (χ0v) is 32.0. The van der Waals surface area contributed by atoms with Crippen LogP contribution >= 0.6 is 0 Å². The molecular formula is C41H46N10O6. The number of amides is 3. The number of anilines is 1. The number of methoxy groups -OCH3 is 1. The molecule has 3 aromatic carbocycles. The molecule has 0 spiro atoms. The summed E-state index contributed by atoms with van der Waals surface area (Å²) in [6.07, 6.45) is 5.27. The van der Waals surface area contributed by atoms with E-state index in [2.05, 4.69) is 47.9 Å².